The van der Waals surface area contributed by atoms with Gasteiger partial charge in [0.15, 0.2) is 23.3 Å². The summed E-state index contributed by atoms with van der Waals surface area (Å²) >= 11 is 0. The van der Waals surface area contributed by atoms with Crippen LogP contribution in [0, 0.1) is 29.1 Å². The van der Waals surface area contributed by atoms with E-state index < -0.39 is 34.6 Å². The average Bonchev–Trinajstić information content (AvgIpc) is 3.10. The van der Waals surface area contributed by atoms with E-state index in [-0.39, 0.29) is 19.0 Å². The second-order valence-electron chi connectivity index (χ2n) is 14.9. The van der Waals surface area contributed by atoms with Crippen molar-refractivity contribution in [2.45, 2.75) is 226 Å². The van der Waals surface area contributed by atoms with Crippen LogP contribution in [-0.4, -0.2) is 18.0 Å². The van der Waals surface area contributed by atoms with Crippen molar-refractivity contribution in [2.75, 3.05) is 13.1 Å². The quantitative estimate of drug-likeness (QED) is 0.0287. The Kier molecular flexibility index (Phi) is 34.5. The summed E-state index contributed by atoms with van der Waals surface area (Å²) in [6.45, 7) is 5.49. The predicted octanol–water partition coefficient (Wildman–Crippen LogP) is 16.1. The van der Waals surface area contributed by atoms with Crippen molar-refractivity contribution in [3.8, 4) is 0 Å². The van der Waals surface area contributed by atoms with Gasteiger partial charge in [0.05, 0.1) is 0 Å². The molecule has 1 nitrogen and oxygen atoms in total. The lowest BCUT2D eigenvalue weighted by Gasteiger charge is -2.23. The minimum Gasteiger partial charge on any atom is -0.299 e. The number of benzene rings is 1. The summed E-state index contributed by atoms with van der Waals surface area (Å²) in [6, 6.07) is 0. The van der Waals surface area contributed by atoms with Crippen molar-refractivity contribution in [3.63, 3.8) is 0 Å². The molecule has 1 rings (SSSR count). The van der Waals surface area contributed by atoms with Crippen LogP contribution in [0.15, 0.2) is 0 Å². The van der Waals surface area contributed by atoms with E-state index >= 15 is 0 Å². The highest BCUT2D eigenvalue weighted by atomic mass is 35.5. The maximum absolute atomic E-state index is 14.5. The molecule has 296 valence electrons. The van der Waals surface area contributed by atoms with Crippen LogP contribution >= 0.6 is 12.4 Å². The zero-order valence-electron chi connectivity index (χ0n) is 32.5. The van der Waals surface area contributed by atoms with Gasteiger partial charge in [-0.25, -0.2) is 22.0 Å². The topological polar surface area (TPSA) is 3.24 Å². The first-order valence-electron chi connectivity index (χ1n) is 21.2. The Hall–Kier alpha value is -0.880. The van der Waals surface area contributed by atoms with Crippen LogP contribution in [0.5, 0.6) is 0 Å². The highest BCUT2D eigenvalue weighted by Gasteiger charge is 2.26. The molecule has 1 aromatic carbocycles. The molecule has 0 saturated carbocycles. The Morgan fingerprint density at radius 1 is 0.300 bits per heavy atom. The zero-order valence-corrected chi connectivity index (χ0v) is 33.3. The lowest BCUT2D eigenvalue weighted by molar-refractivity contribution is 0.240. The molecule has 50 heavy (non-hydrogen) atoms. The molecule has 0 atom stereocenters. The van der Waals surface area contributed by atoms with Gasteiger partial charge in [0.2, 0.25) is 5.82 Å². The molecule has 0 fully saturated rings. The zero-order chi connectivity index (χ0) is 35.8. The molecule has 0 N–H and O–H groups in total. The van der Waals surface area contributed by atoms with E-state index in [9.17, 15) is 22.0 Å². The first-order valence-corrected chi connectivity index (χ1v) is 21.2. The molecule has 7 heteroatoms. The molecule has 0 heterocycles. The monoisotopic (exact) mass is 738 g/mol. The molecule has 0 aliphatic carbocycles. The first-order chi connectivity index (χ1) is 23.9. The van der Waals surface area contributed by atoms with Gasteiger partial charge in [0.1, 0.15) is 0 Å². The second kappa shape index (κ2) is 35.2. The van der Waals surface area contributed by atoms with E-state index in [1.165, 1.54) is 167 Å². The summed E-state index contributed by atoms with van der Waals surface area (Å²) in [5.41, 5.74) is -0.704. The smallest absolute Gasteiger partial charge is 0.200 e. The van der Waals surface area contributed by atoms with Gasteiger partial charge < -0.3 is 0 Å². The largest absolute Gasteiger partial charge is 0.299 e. The van der Waals surface area contributed by atoms with E-state index in [2.05, 4.69) is 13.8 Å². The highest BCUT2D eigenvalue weighted by molar-refractivity contribution is 5.85. The predicted molar refractivity (Wildman–Crippen MR) is 208 cm³/mol. The molecule has 0 aliphatic rings. The van der Waals surface area contributed by atoms with E-state index in [4.69, 9.17) is 0 Å². The van der Waals surface area contributed by atoms with Crippen LogP contribution in [0.3, 0.4) is 0 Å². The minimum atomic E-state index is -2.08. The van der Waals surface area contributed by atoms with Crippen molar-refractivity contribution < 1.29 is 22.0 Å². The van der Waals surface area contributed by atoms with Crippen LogP contribution in [0.1, 0.15) is 225 Å². The normalized spacial score (nSPS) is 11.5. The highest BCUT2D eigenvalue weighted by Crippen LogP contribution is 2.25. The van der Waals surface area contributed by atoms with Gasteiger partial charge in [-0.15, -0.1) is 12.4 Å². The van der Waals surface area contributed by atoms with Crippen molar-refractivity contribution in [1.82, 2.24) is 4.90 Å². The van der Waals surface area contributed by atoms with Crippen molar-refractivity contribution >= 4 is 12.4 Å². The van der Waals surface area contributed by atoms with Crippen LogP contribution in [0.25, 0.3) is 0 Å². The molecule has 0 aromatic heterocycles. The van der Waals surface area contributed by atoms with Gasteiger partial charge in [0.25, 0.3) is 0 Å². The third kappa shape index (κ3) is 25.2. The molecule has 0 saturated heterocycles. The van der Waals surface area contributed by atoms with Gasteiger partial charge in [-0.05, 0) is 25.9 Å². The van der Waals surface area contributed by atoms with E-state index in [1.54, 1.807) is 0 Å². The Labute approximate surface area is 312 Å². The van der Waals surface area contributed by atoms with Gasteiger partial charge in [-0.3, -0.25) is 4.90 Å². The lowest BCUT2D eigenvalue weighted by Crippen LogP contribution is -2.27. The Morgan fingerprint density at radius 2 is 0.500 bits per heavy atom. The molecule has 1 aromatic rings. The van der Waals surface area contributed by atoms with Gasteiger partial charge >= 0.3 is 0 Å². The maximum Gasteiger partial charge on any atom is 0.200 e. The van der Waals surface area contributed by atoms with Crippen LogP contribution in [-0.2, 0) is 6.54 Å². The number of halogens is 6. The van der Waals surface area contributed by atoms with Crippen LogP contribution < -0.4 is 0 Å². The van der Waals surface area contributed by atoms with Crippen molar-refractivity contribution in [3.05, 3.63) is 34.6 Å². The average molecular weight is 739 g/mol. The first kappa shape index (κ1) is 49.1. The summed E-state index contributed by atoms with van der Waals surface area (Å²) in [4.78, 5) is 1.89. The van der Waals surface area contributed by atoms with Gasteiger partial charge in [0, 0.05) is 12.1 Å². The third-order valence-corrected chi connectivity index (χ3v) is 10.3. The summed E-state index contributed by atoms with van der Waals surface area (Å²) < 4.78 is 70.4. The van der Waals surface area contributed by atoms with Crippen molar-refractivity contribution in [2.24, 2.45) is 0 Å². The Bertz CT molecular complexity index is 834. The summed E-state index contributed by atoms with van der Waals surface area (Å²) in [6.07, 6.45) is 40.6. The maximum atomic E-state index is 14.5. The lowest BCUT2D eigenvalue weighted by atomic mass is 10.0. The second-order valence-corrected chi connectivity index (χ2v) is 14.9. The Balaban J connectivity index is 0.0000240. The minimum absolute atomic E-state index is 0. The van der Waals surface area contributed by atoms with Crippen LogP contribution in [0.2, 0.25) is 0 Å². The molecular formula is C43H77ClF5N. The molecule has 0 amide bonds. The number of hydrogen-bond acceptors (Lipinski definition) is 1. The van der Waals surface area contributed by atoms with Crippen LogP contribution in [0.4, 0.5) is 22.0 Å². The number of rotatable bonds is 36. The van der Waals surface area contributed by atoms with Crippen molar-refractivity contribution in [1.29, 1.82) is 0 Å². The fourth-order valence-electron chi connectivity index (χ4n) is 7.05. The third-order valence-electron chi connectivity index (χ3n) is 10.3. The van der Waals surface area contributed by atoms with E-state index in [1.807, 2.05) is 4.90 Å². The summed E-state index contributed by atoms with van der Waals surface area (Å²) in [5, 5.41) is 0. The SMILES string of the molecule is CCCCCCCCCCCCCCCCCCN(CCCCCCCCCCCCCCCCCC)Cc1c(F)c(F)c(F)c(F)c1F.Cl. The molecule has 0 radical (unpaired) electrons. The Morgan fingerprint density at radius 3 is 0.740 bits per heavy atom. The fourth-order valence-corrected chi connectivity index (χ4v) is 7.05. The van der Waals surface area contributed by atoms with Gasteiger partial charge in [-0.2, -0.15) is 0 Å². The molecule has 0 bridgehead atoms. The van der Waals surface area contributed by atoms with E-state index in [0.717, 1.165) is 38.5 Å². The molecule has 0 aliphatic heterocycles. The number of unbranched alkanes of at least 4 members (excludes halogenated alkanes) is 30. The molecule has 0 unspecified atom stereocenters. The number of hydrogen-bond donors (Lipinski definition) is 0. The summed E-state index contributed by atoms with van der Waals surface area (Å²) in [5.74, 6) is -9.17. The number of nitrogens with zero attached hydrogens (tertiary/aromatic N) is 1. The fraction of sp³-hybridized carbons (Fsp3) is 0.860. The summed E-state index contributed by atoms with van der Waals surface area (Å²) in [7, 11) is 0. The van der Waals surface area contributed by atoms with E-state index in [0.29, 0.717) is 13.1 Å². The molecular weight excluding hydrogens is 661 g/mol. The molecule has 0 spiro atoms. The van der Waals surface area contributed by atoms with Gasteiger partial charge in [-0.1, -0.05) is 206 Å². The standard InChI is InChI=1S/C43H76F5N.ClH/c1-3-5-7-9-11-13-15-17-19-21-23-25-27-29-31-33-35-49(37-38-39(44)41(46)43(48)42(47)40(38)45)36-34-32-30-28-26-24-22-20-18-16-14-12-10-8-6-4-2;/h3-37H2,1-2H3;1H.